The molecule has 3 rings (SSSR count). The van der Waals surface area contributed by atoms with E-state index >= 15 is 0 Å². The van der Waals surface area contributed by atoms with Crippen LogP contribution in [0.5, 0.6) is 0 Å². The summed E-state index contributed by atoms with van der Waals surface area (Å²) in [7, 11) is 0. The highest BCUT2D eigenvalue weighted by molar-refractivity contribution is 5.86. The Morgan fingerprint density at radius 2 is 2.05 bits per heavy atom. The van der Waals surface area contributed by atoms with Gasteiger partial charge in [0.2, 0.25) is 5.91 Å². The monoisotopic (exact) mass is 298 g/mol. The first-order valence-electron chi connectivity index (χ1n) is 7.54. The molecule has 22 heavy (non-hydrogen) atoms. The minimum absolute atomic E-state index is 0.0498. The number of nitrogens with one attached hydrogen (secondary N) is 2. The normalized spacial score (nSPS) is 18.0. The number of amides is 1. The molecule has 0 aliphatic carbocycles. The van der Waals surface area contributed by atoms with Crippen molar-refractivity contribution in [1.29, 1.82) is 0 Å². The van der Waals surface area contributed by atoms with Gasteiger partial charge >= 0.3 is 0 Å². The molecule has 2 unspecified atom stereocenters. The number of carbonyl (C=O) groups excluding carboxylic acids is 1. The third-order valence-corrected chi connectivity index (χ3v) is 4.08. The molecule has 2 aromatic carbocycles. The largest absolute Gasteiger partial charge is 0.373 e. The summed E-state index contributed by atoms with van der Waals surface area (Å²) in [4.78, 5) is 12.4. The average molecular weight is 298 g/mol. The maximum absolute atomic E-state index is 13.3. The molecule has 2 atom stereocenters. The standard InChI is InChI=1S/C18H19FN2O/c1-12(13-5-3-2-4-6-13)20-18(22)16-10-8-14-7-9-15(19)11-17(14)21-16/h2-7,9,11-12,16,21H,8,10H2,1H3,(H,20,22). The summed E-state index contributed by atoms with van der Waals surface area (Å²) in [6.45, 7) is 1.96. The van der Waals surface area contributed by atoms with Crippen LogP contribution in [0.1, 0.15) is 30.5 Å². The molecule has 0 aromatic heterocycles. The Morgan fingerprint density at radius 3 is 2.82 bits per heavy atom. The van der Waals surface area contributed by atoms with Crippen LogP contribution in [0.15, 0.2) is 48.5 Å². The second-order valence-corrected chi connectivity index (χ2v) is 5.68. The van der Waals surface area contributed by atoms with E-state index < -0.39 is 0 Å². The molecule has 4 heteroatoms. The predicted octanol–water partition coefficient (Wildman–Crippen LogP) is 3.43. The zero-order chi connectivity index (χ0) is 15.5. The first-order chi connectivity index (χ1) is 10.6. The van der Waals surface area contributed by atoms with Crippen molar-refractivity contribution in [1.82, 2.24) is 5.32 Å². The van der Waals surface area contributed by atoms with Crippen molar-refractivity contribution in [3.8, 4) is 0 Å². The molecule has 0 radical (unpaired) electrons. The van der Waals surface area contributed by atoms with Crippen molar-refractivity contribution in [2.24, 2.45) is 0 Å². The van der Waals surface area contributed by atoms with Crippen molar-refractivity contribution in [3.05, 3.63) is 65.5 Å². The molecule has 114 valence electrons. The second-order valence-electron chi connectivity index (χ2n) is 5.68. The van der Waals surface area contributed by atoms with E-state index in [1.165, 1.54) is 12.1 Å². The van der Waals surface area contributed by atoms with Gasteiger partial charge in [0.15, 0.2) is 0 Å². The quantitative estimate of drug-likeness (QED) is 0.911. The van der Waals surface area contributed by atoms with Gasteiger partial charge in [-0.3, -0.25) is 4.79 Å². The molecule has 3 nitrogen and oxygen atoms in total. The van der Waals surface area contributed by atoms with Crippen LogP contribution in [-0.2, 0) is 11.2 Å². The smallest absolute Gasteiger partial charge is 0.242 e. The average Bonchev–Trinajstić information content (AvgIpc) is 2.54. The number of hydrogen-bond acceptors (Lipinski definition) is 2. The lowest BCUT2D eigenvalue weighted by Crippen LogP contribution is -2.42. The van der Waals surface area contributed by atoms with Gasteiger partial charge in [-0.2, -0.15) is 0 Å². The highest BCUT2D eigenvalue weighted by Gasteiger charge is 2.25. The van der Waals surface area contributed by atoms with E-state index in [4.69, 9.17) is 0 Å². The SMILES string of the molecule is CC(NC(=O)C1CCc2ccc(F)cc2N1)c1ccccc1. The van der Waals surface area contributed by atoms with E-state index in [-0.39, 0.29) is 23.8 Å². The zero-order valence-corrected chi connectivity index (χ0v) is 12.5. The number of carbonyl (C=O) groups is 1. The number of fused-ring (bicyclic) bond motifs is 1. The first-order valence-corrected chi connectivity index (χ1v) is 7.54. The Bertz CT molecular complexity index is 672. The van der Waals surface area contributed by atoms with Crippen LogP contribution < -0.4 is 10.6 Å². The molecule has 0 spiro atoms. The van der Waals surface area contributed by atoms with Gasteiger partial charge in [-0.1, -0.05) is 36.4 Å². The minimum Gasteiger partial charge on any atom is -0.373 e. The van der Waals surface area contributed by atoms with E-state index in [0.29, 0.717) is 6.42 Å². The van der Waals surface area contributed by atoms with Crippen molar-refractivity contribution >= 4 is 11.6 Å². The third-order valence-electron chi connectivity index (χ3n) is 4.08. The molecule has 0 fully saturated rings. The molecule has 1 amide bonds. The van der Waals surface area contributed by atoms with Crippen LogP contribution in [0.2, 0.25) is 0 Å². The van der Waals surface area contributed by atoms with Gasteiger partial charge in [0, 0.05) is 5.69 Å². The van der Waals surface area contributed by atoms with Gasteiger partial charge in [0.1, 0.15) is 11.9 Å². The molecule has 2 N–H and O–H groups in total. The van der Waals surface area contributed by atoms with Gasteiger partial charge in [-0.15, -0.1) is 0 Å². The maximum Gasteiger partial charge on any atom is 0.242 e. The Kier molecular flexibility index (Phi) is 4.09. The third kappa shape index (κ3) is 3.11. The number of benzene rings is 2. The molecule has 0 bridgehead atoms. The molecular weight excluding hydrogens is 279 g/mol. The fourth-order valence-corrected chi connectivity index (χ4v) is 2.80. The lowest BCUT2D eigenvalue weighted by Gasteiger charge is -2.27. The van der Waals surface area contributed by atoms with E-state index in [1.807, 2.05) is 37.3 Å². The van der Waals surface area contributed by atoms with Crippen LogP contribution in [0.3, 0.4) is 0 Å². The number of hydrogen-bond donors (Lipinski definition) is 2. The van der Waals surface area contributed by atoms with E-state index in [1.54, 1.807) is 6.07 Å². The predicted molar refractivity (Wildman–Crippen MR) is 85.1 cm³/mol. The van der Waals surface area contributed by atoms with Crippen molar-refractivity contribution in [2.75, 3.05) is 5.32 Å². The molecule has 2 aromatic rings. The molecular formula is C18H19FN2O. The van der Waals surface area contributed by atoms with Crippen molar-refractivity contribution < 1.29 is 9.18 Å². The van der Waals surface area contributed by atoms with E-state index in [9.17, 15) is 9.18 Å². The van der Waals surface area contributed by atoms with Gasteiger partial charge in [0.25, 0.3) is 0 Å². The summed E-state index contributed by atoms with van der Waals surface area (Å²) in [6.07, 6.45) is 1.49. The van der Waals surface area contributed by atoms with Crippen LogP contribution in [0, 0.1) is 5.82 Å². The summed E-state index contributed by atoms with van der Waals surface area (Å²) in [6, 6.07) is 14.2. The summed E-state index contributed by atoms with van der Waals surface area (Å²) in [5.74, 6) is -0.337. The Morgan fingerprint density at radius 1 is 1.27 bits per heavy atom. The van der Waals surface area contributed by atoms with Gasteiger partial charge in [0.05, 0.1) is 6.04 Å². The summed E-state index contributed by atoms with van der Waals surface area (Å²) < 4.78 is 13.3. The highest BCUT2D eigenvalue weighted by atomic mass is 19.1. The summed E-state index contributed by atoms with van der Waals surface area (Å²) in [5, 5.41) is 6.16. The van der Waals surface area contributed by atoms with Gasteiger partial charge in [-0.25, -0.2) is 4.39 Å². The lowest BCUT2D eigenvalue weighted by molar-refractivity contribution is -0.122. The van der Waals surface area contributed by atoms with Crippen molar-refractivity contribution in [3.63, 3.8) is 0 Å². The van der Waals surface area contributed by atoms with E-state index in [2.05, 4.69) is 10.6 Å². The number of halogens is 1. The molecule has 1 heterocycles. The molecule has 1 aliphatic rings. The Labute approximate surface area is 129 Å². The van der Waals surface area contributed by atoms with Crippen LogP contribution >= 0.6 is 0 Å². The lowest BCUT2D eigenvalue weighted by atomic mass is 9.97. The molecule has 0 saturated carbocycles. The Balaban J connectivity index is 1.66. The minimum atomic E-state index is -0.319. The molecule has 0 saturated heterocycles. The molecule has 1 aliphatic heterocycles. The summed E-state index contributed by atoms with van der Waals surface area (Å²) in [5.41, 5.74) is 2.85. The zero-order valence-electron chi connectivity index (χ0n) is 12.5. The van der Waals surface area contributed by atoms with Crippen LogP contribution in [0.25, 0.3) is 0 Å². The fraction of sp³-hybridized carbons (Fsp3) is 0.278. The van der Waals surface area contributed by atoms with E-state index in [0.717, 1.165) is 23.2 Å². The van der Waals surface area contributed by atoms with Crippen LogP contribution in [0.4, 0.5) is 10.1 Å². The topological polar surface area (TPSA) is 41.1 Å². The summed E-state index contributed by atoms with van der Waals surface area (Å²) >= 11 is 0. The fourth-order valence-electron chi connectivity index (χ4n) is 2.80. The van der Waals surface area contributed by atoms with Crippen molar-refractivity contribution in [2.45, 2.75) is 31.8 Å². The number of aryl methyl sites for hydroxylation is 1. The van der Waals surface area contributed by atoms with Gasteiger partial charge < -0.3 is 10.6 Å². The first kappa shape index (κ1) is 14.6. The number of rotatable bonds is 3. The Hall–Kier alpha value is -2.36. The number of anilines is 1. The van der Waals surface area contributed by atoms with Gasteiger partial charge in [-0.05, 0) is 43.0 Å². The second kappa shape index (κ2) is 6.18. The van der Waals surface area contributed by atoms with Crippen LogP contribution in [-0.4, -0.2) is 11.9 Å². The highest BCUT2D eigenvalue weighted by Crippen LogP contribution is 2.26. The maximum atomic E-state index is 13.3.